The van der Waals surface area contributed by atoms with E-state index in [1.165, 1.54) is 0 Å². The molecule has 0 radical (unpaired) electrons. The van der Waals surface area contributed by atoms with Crippen molar-refractivity contribution >= 4 is 0 Å². The highest BCUT2D eigenvalue weighted by Crippen LogP contribution is 2.19. The molecule has 0 aromatic carbocycles. The van der Waals surface area contributed by atoms with Crippen molar-refractivity contribution in [1.29, 1.82) is 0 Å². The van der Waals surface area contributed by atoms with Crippen molar-refractivity contribution in [1.82, 2.24) is 9.80 Å². The Hall–Kier alpha value is -0.120. The van der Waals surface area contributed by atoms with Crippen LogP contribution in [0.4, 0.5) is 0 Å². The van der Waals surface area contributed by atoms with Crippen LogP contribution < -0.4 is 0 Å². The first-order chi connectivity index (χ1) is 7.06. The molecule has 3 atom stereocenters. The van der Waals surface area contributed by atoms with Gasteiger partial charge in [-0.15, -0.1) is 0 Å². The van der Waals surface area contributed by atoms with Gasteiger partial charge in [-0.25, -0.2) is 0 Å². The van der Waals surface area contributed by atoms with Gasteiger partial charge in [0, 0.05) is 25.7 Å². The molecule has 0 aliphatic carbocycles. The van der Waals surface area contributed by atoms with Crippen molar-refractivity contribution in [3.8, 4) is 0 Å². The number of hydrogen-bond donors (Lipinski definition) is 1. The minimum atomic E-state index is -0.183. The van der Waals surface area contributed by atoms with E-state index >= 15 is 0 Å². The van der Waals surface area contributed by atoms with Crippen LogP contribution in [-0.4, -0.2) is 60.8 Å². The van der Waals surface area contributed by atoms with Gasteiger partial charge in [0.15, 0.2) is 0 Å². The van der Waals surface area contributed by atoms with E-state index in [2.05, 4.69) is 37.7 Å². The topological polar surface area (TPSA) is 26.7 Å². The second kappa shape index (κ2) is 5.83. The quantitative estimate of drug-likeness (QED) is 0.757. The summed E-state index contributed by atoms with van der Waals surface area (Å²) in [6, 6.07) is 0.310. The summed E-state index contributed by atoms with van der Waals surface area (Å²) >= 11 is 0. The van der Waals surface area contributed by atoms with Crippen molar-refractivity contribution in [2.24, 2.45) is 5.92 Å². The summed E-state index contributed by atoms with van der Waals surface area (Å²) in [5.74, 6) is 0.411. The Morgan fingerprint density at radius 1 is 1.33 bits per heavy atom. The Bertz CT molecular complexity index is 186. The monoisotopic (exact) mass is 214 g/mol. The normalized spacial score (nSPS) is 29.0. The highest BCUT2D eigenvalue weighted by Gasteiger charge is 2.31. The molecule has 15 heavy (non-hydrogen) atoms. The van der Waals surface area contributed by atoms with Crippen LogP contribution in [0.25, 0.3) is 0 Å². The fourth-order valence-corrected chi connectivity index (χ4v) is 2.42. The minimum absolute atomic E-state index is 0.183. The first kappa shape index (κ1) is 12.9. The average molecular weight is 214 g/mol. The first-order valence-corrected chi connectivity index (χ1v) is 6.13. The molecule has 1 saturated heterocycles. The molecule has 0 aromatic rings. The van der Waals surface area contributed by atoms with Crippen molar-refractivity contribution < 1.29 is 5.11 Å². The molecule has 0 saturated carbocycles. The number of likely N-dealkylation sites (N-methyl/N-ethyl adjacent to an activating group) is 2. The molecule has 1 N–H and O–H groups in total. The summed E-state index contributed by atoms with van der Waals surface area (Å²) in [6.45, 7) is 7.52. The van der Waals surface area contributed by atoms with E-state index in [-0.39, 0.29) is 6.10 Å². The van der Waals surface area contributed by atoms with Gasteiger partial charge in [-0.3, -0.25) is 4.90 Å². The molecule has 1 fully saturated rings. The van der Waals surface area contributed by atoms with Gasteiger partial charge in [-0.2, -0.15) is 0 Å². The largest absolute Gasteiger partial charge is 0.391 e. The van der Waals surface area contributed by atoms with E-state index in [0.29, 0.717) is 12.0 Å². The maximum Gasteiger partial charge on any atom is 0.0733 e. The smallest absolute Gasteiger partial charge is 0.0733 e. The summed E-state index contributed by atoms with van der Waals surface area (Å²) in [5, 5.41) is 10.3. The molecular formula is C12H26N2O. The third-order valence-electron chi connectivity index (χ3n) is 3.62. The highest BCUT2D eigenvalue weighted by molar-refractivity contribution is 4.86. The van der Waals surface area contributed by atoms with Crippen LogP contribution in [-0.2, 0) is 0 Å². The maximum absolute atomic E-state index is 10.3. The maximum atomic E-state index is 10.3. The van der Waals surface area contributed by atoms with Gasteiger partial charge in [0.2, 0.25) is 0 Å². The average Bonchev–Trinajstić information content (AvgIpc) is 2.21. The predicted octanol–water partition coefficient (Wildman–Crippen LogP) is 1.03. The number of piperazine rings is 1. The zero-order valence-corrected chi connectivity index (χ0v) is 10.6. The summed E-state index contributed by atoms with van der Waals surface area (Å²) < 4.78 is 0. The molecule has 90 valence electrons. The van der Waals surface area contributed by atoms with Gasteiger partial charge in [0.25, 0.3) is 0 Å². The van der Waals surface area contributed by atoms with Crippen LogP contribution >= 0.6 is 0 Å². The van der Waals surface area contributed by atoms with E-state index in [1.807, 2.05) is 0 Å². The third kappa shape index (κ3) is 3.44. The van der Waals surface area contributed by atoms with E-state index in [9.17, 15) is 5.11 Å². The van der Waals surface area contributed by atoms with Crippen LogP contribution in [0, 0.1) is 5.92 Å². The van der Waals surface area contributed by atoms with Crippen LogP contribution in [0.1, 0.15) is 26.7 Å². The fourth-order valence-electron chi connectivity index (χ4n) is 2.42. The van der Waals surface area contributed by atoms with Crippen molar-refractivity contribution in [2.45, 2.75) is 38.8 Å². The molecule has 0 bridgehead atoms. The molecule has 1 aliphatic heterocycles. The zero-order valence-electron chi connectivity index (χ0n) is 10.6. The molecule has 1 aliphatic rings. The Morgan fingerprint density at radius 3 is 2.60 bits per heavy atom. The molecule has 0 aromatic heterocycles. The van der Waals surface area contributed by atoms with Gasteiger partial charge < -0.3 is 10.0 Å². The van der Waals surface area contributed by atoms with Crippen LogP contribution in [0.2, 0.25) is 0 Å². The summed E-state index contributed by atoms with van der Waals surface area (Å²) in [7, 11) is 4.26. The SMILES string of the molecule is CCCC(C)C(O)C1CN(C)CCN1C. The summed E-state index contributed by atoms with van der Waals surface area (Å²) in [4.78, 5) is 4.61. The fraction of sp³-hybridized carbons (Fsp3) is 1.00. The van der Waals surface area contributed by atoms with Gasteiger partial charge >= 0.3 is 0 Å². The third-order valence-corrected chi connectivity index (χ3v) is 3.62. The van der Waals surface area contributed by atoms with Crippen molar-refractivity contribution in [3.63, 3.8) is 0 Å². The van der Waals surface area contributed by atoms with Crippen molar-refractivity contribution in [2.75, 3.05) is 33.7 Å². The van der Waals surface area contributed by atoms with E-state index in [1.54, 1.807) is 0 Å². The van der Waals surface area contributed by atoms with Gasteiger partial charge in [0.1, 0.15) is 0 Å². The first-order valence-electron chi connectivity index (χ1n) is 6.13. The second-order valence-corrected chi connectivity index (χ2v) is 5.07. The predicted molar refractivity (Wildman–Crippen MR) is 64.0 cm³/mol. The molecule has 0 amide bonds. The number of nitrogens with zero attached hydrogens (tertiary/aromatic N) is 2. The van der Waals surface area contributed by atoms with Crippen LogP contribution in [0.3, 0.4) is 0 Å². The van der Waals surface area contributed by atoms with Crippen LogP contribution in [0.5, 0.6) is 0 Å². The molecule has 1 rings (SSSR count). The van der Waals surface area contributed by atoms with E-state index < -0.39 is 0 Å². The zero-order chi connectivity index (χ0) is 11.4. The molecule has 3 nitrogen and oxygen atoms in total. The second-order valence-electron chi connectivity index (χ2n) is 5.07. The molecule has 3 heteroatoms. The molecule has 3 unspecified atom stereocenters. The lowest BCUT2D eigenvalue weighted by atomic mass is 9.92. The number of rotatable bonds is 4. The van der Waals surface area contributed by atoms with Gasteiger partial charge in [-0.05, 0) is 26.4 Å². The van der Waals surface area contributed by atoms with E-state index in [0.717, 1.165) is 32.5 Å². The molecular weight excluding hydrogens is 188 g/mol. The standard InChI is InChI=1S/C12H26N2O/c1-5-6-10(2)12(15)11-9-13(3)7-8-14(11)4/h10-12,15H,5-9H2,1-4H3. The number of aliphatic hydroxyl groups is 1. The highest BCUT2D eigenvalue weighted by atomic mass is 16.3. The Labute approximate surface area is 94.1 Å². The summed E-state index contributed by atoms with van der Waals surface area (Å²) in [5.41, 5.74) is 0. The molecule has 1 heterocycles. The van der Waals surface area contributed by atoms with Crippen LogP contribution in [0.15, 0.2) is 0 Å². The lowest BCUT2D eigenvalue weighted by Gasteiger charge is -2.41. The lowest BCUT2D eigenvalue weighted by Crippen LogP contribution is -2.56. The lowest BCUT2D eigenvalue weighted by molar-refractivity contribution is -0.0137. The minimum Gasteiger partial charge on any atom is -0.391 e. The Morgan fingerprint density at radius 2 is 2.00 bits per heavy atom. The Balaban J connectivity index is 2.51. The molecule has 0 spiro atoms. The number of hydrogen-bond acceptors (Lipinski definition) is 3. The van der Waals surface area contributed by atoms with Gasteiger partial charge in [-0.1, -0.05) is 20.3 Å². The van der Waals surface area contributed by atoms with Gasteiger partial charge in [0.05, 0.1) is 6.10 Å². The van der Waals surface area contributed by atoms with Crippen molar-refractivity contribution in [3.05, 3.63) is 0 Å². The number of aliphatic hydroxyl groups excluding tert-OH is 1. The Kier molecular flexibility index (Phi) is 5.03. The summed E-state index contributed by atoms with van der Waals surface area (Å²) in [6.07, 6.45) is 2.09. The van der Waals surface area contributed by atoms with E-state index in [4.69, 9.17) is 0 Å².